The van der Waals surface area contributed by atoms with Gasteiger partial charge in [-0.3, -0.25) is 0 Å². The zero-order chi connectivity index (χ0) is 41.9. The number of fused-ring (bicyclic) bond motifs is 1. The highest BCUT2D eigenvalue weighted by molar-refractivity contribution is 6.74. The SMILES string of the molecule is CCCC(c1coc2c(CO[Si](C)(C)C(C)(C)C)c(OCc3ccccc3)c(CC(C)C)cc12)[C@H](O)C[C@@H](O[Si](C)(C)C(C)(C)C)[C@@]1(C(=O)OCC)OC1CC. The molecule has 1 N–H and O–H groups in total. The van der Waals surface area contributed by atoms with Gasteiger partial charge in [0, 0.05) is 23.3 Å². The van der Waals surface area contributed by atoms with E-state index in [1.54, 1.807) is 0 Å². The van der Waals surface area contributed by atoms with Gasteiger partial charge < -0.3 is 32.6 Å². The molecule has 3 aromatic rings. The second-order valence-corrected chi connectivity index (χ2v) is 29.0. The Bertz CT molecular complexity index is 1740. The lowest BCUT2D eigenvalue weighted by Gasteiger charge is -2.41. The van der Waals surface area contributed by atoms with Crippen LogP contribution in [0.3, 0.4) is 0 Å². The number of esters is 1. The maximum atomic E-state index is 13.8. The molecule has 1 aliphatic rings. The Kier molecular flexibility index (Phi) is 15.0. The lowest BCUT2D eigenvalue weighted by Crippen LogP contribution is -2.53. The highest BCUT2D eigenvalue weighted by Crippen LogP contribution is 2.50. The average molecular weight is 811 g/mol. The molecule has 1 fully saturated rings. The molecule has 2 heterocycles. The highest BCUT2D eigenvalue weighted by atomic mass is 28.4. The van der Waals surface area contributed by atoms with E-state index in [9.17, 15) is 9.90 Å². The fourth-order valence-corrected chi connectivity index (χ4v) is 9.48. The van der Waals surface area contributed by atoms with E-state index >= 15 is 0 Å². The summed E-state index contributed by atoms with van der Waals surface area (Å²) in [6.07, 6.45) is 3.19. The molecule has 5 atom stereocenters. The number of benzene rings is 2. The minimum Gasteiger partial charge on any atom is -0.488 e. The molecule has 0 aliphatic carbocycles. The van der Waals surface area contributed by atoms with Crippen molar-refractivity contribution in [2.75, 3.05) is 6.61 Å². The number of ether oxygens (including phenoxy) is 3. The molecule has 56 heavy (non-hydrogen) atoms. The molecule has 0 bridgehead atoms. The second kappa shape index (κ2) is 18.2. The Morgan fingerprint density at radius 3 is 2.12 bits per heavy atom. The zero-order valence-corrected chi connectivity index (χ0v) is 39.4. The Morgan fingerprint density at radius 2 is 1.59 bits per heavy atom. The van der Waals surface area contributed by atoms with Gasteiger partial charge >= 0.3 is 5.97 Å². The second-order valence-electron chi connectivity index (χ2n) is 19.4. The fraction of sp³-hybridized carbons (Fsp3) is 0.674. The number of carbonyl (C=O) groups excluding carboxylic acids is 1. The van der Waals surface area contributed by atoms with Gasteiger partial charge in [0.25, 0.3) is 0 Å². The quantitative estimate of drug-likeness (QED) is 0.0684. The van der Waals surface area contributed by atoms with Gasteiger partial charge in [0.05, 0.1) is 37.2 Å². The lowest BCUT2D eigenvalue weighted by atomic mass is 9.83. The first-order chi connectivity index (χ1) is 26.0. The normalized spacial score (nSPS) is 19.6. The summed E-state index contributed by atoms with van der Waals surface area (Å²) in [5, 5.41) is 13.4. The summed E-state index contributed by atoms with van der Waals surface area (Å²) in [7, 11) is -4.59. The third-order valence-electron chi connectivity index (χ3n) is 12.6. The third-order valence-corrected chi connectivity index (χ3v) is 21.6. The van der Waals surface area contributed by atoms with Gasteiger partial charge in [-0.05, 0) is 85.6 Å². The Hall–Kier alpha value is -2.48. The molecule has 2 unspecified atom stereocenters. The molecule has 2 aromatic carbocycles. The number of furan rings is 1. The van der Waals surface area contributed by atoms with Gasteiger partial charge in [-0.15, -0.1) is 0 Å². The predicted octanol–water partition coefficient (Wildman–Crippen LogP) is 11.9. The van der Waals surface area contributed by atoms with Crippen LogP contribution in [0.15, 0.2) is 47.1 Å². The van der Waals surface area contributed by atoms with Crippen molar-refractivity contribution in [3.8, 4) is 5.75 Å². The summed E-state index contributed by atoms with van der Waals surface area (Å²) in [6.45, 7) is 33.7. The molecule has 0 radical (unpaired) electrons. The van der Waals surface area contributed by atoms with Crippen LogP contribution in [0.2, 0.25) is 36.3 Å². The van der Waals surface area contributed by atoms with Crippen molar-refractivity contribution in [2.24, 2.45) is 5.92 Å². The summed E-state index contributed by atoms with van der Waals surface area (Å²) in [5.41, 5.74) is 3.53. The number of hydrogen-bond acceptors (Lipinski definition) is 8. The van der Waals surface area contributed by atoms with Gasteiger partial charge in [-0.25, -0.2) is 4.79 Å². The number of rotatable bonds is 20. The minimum atomic E-state index is -2.43. The van der Waals surface area contributed by atoms with Gasteiger partial charge in [-0.1, -0.05) is 106 Å². The van der Waals surface area contributed by atoms with Crippen LogP contribution in [-0.4, -0.2) is 58.2 Å². The number of hydrogen-bond donors (Lipinski definition) is 1. The molecule has 8 nitrogen and oxygen atoms in total. The van der Waals surface area contributed by atoms with Crippen LogP contribution in [0.25, 0.3) is 11.0 Å². The summed E-state index contributed by atoms with van der Waals surface area (Å²) in [4.78, 5) is 13.8. The van der Waals surface area contributed by atoms with Crippen LogP contribution < -0.4 is 4.74 Å². The van der Waals surface area contributed by atoms with Crippen molar-refractivity contribution >= 4 is 33.6 Å². The van der Waals surface area contributed by atoms with E-state index in [4.69, 9.17) is 27.5 Å². The molecule has 1 aliphatic heterocycles. The number of carbonyl (C=O) groups is 1. The molecular formula is C46H74O8Si2. The topological polar surface area (TPSA) is 99.9 Å². The molecule has 0 spiro atoms. The smallest absolute Gasteiger partial charge is 0.343 e. The van der Waals surface area contributed by atoms with Crippen molar-refractivity contribution in [1.82, 2.24) is 0 Å². The Balaban J connectivity index is 1.86. The van der Waals surface area contributed by atoms with Crippen molar-refractivity contribution in [1.29, 1.82) is 0 Å². The van der Waals surface area contributed by atoms with Crippen LogP contribution in [-0.2, 0) is 42.8 Å². The van der Waals surface area contributed by atoms with E-state index in [2.05, 4.69) is 107 Å². The minimum absolute atomic E-state index is 0.0172. The Morgan fingerprint density at radius 1 is 0.946 bits per heavy atom. The van der Waals surface area contributed by atoms with Crippen molar-refractivity contribution in [2.45, 2.75) is 188 Å². The van der Waals surface area contributed by atoms with E-state index in [-0.39, 0.29) is 35.1 Å². The molecule has 1 saturated heterocycles. The van der Waals surface area contributed by atoms with Crippen LogP contribution in [0, 0.1) is 5.92 Å². The van der Waals surface area contributed by atoms with Crippen LogP contribution in [0.4, 0.5) is 0 Å². The number of aliphatic hydroxyl groups excluding tert-OH is 1. The number of aliphatic hydroxyl groups is 1. The summed E-state index contributed by atoms with van der Waals surface area (Å²) < 4.78 is 39.3. The fourth-order valence-electron chi connectivity index (χ4n) is 7.21. The van der Waals surface area contributed by atoms with Crippen LogP contribution in [0.5, 0.6) is 5.75 Å². The van der Waals surface area contributed by atoms with E-state index in [1.165, 1.54) is 0 Å². The van der Waals surface area contributed by atoms with Crippen molar-refractivity contribution in [3.63, 3.8) is 0 Å². The molecule has 1 aromatic heterocycles. The third kappa shape index (κ3) is 10.2. The Labute approximate surface area is 340 Å². The van der Waals surface area contributed by atoms with E-state index < -0.39 is 40.4 Å². The molecule has 314 valence electrons. The van der Waals surface area contributed by atoms with Gasteiger partial charge in [-0.2, -0.15) is 0 Å². The lowest BCUT2D eigenvalue weighted by molar-refractivity contribution is -0.154. The summed E-state index contributed by atoms with van der Waals surface area (Å²) in [6, 6.07) is 12.5. The van der Waals surface area contributed by atoms with Gasteiger partial charge in [0.2, 0.25) is 5.60 Å². The van der Waals surface area contributed by atoms with Gasteiger partial charge in [0.1, 0.15) is 24.0 Å². The van der Waals surface area contributed by atoms with Crippen molar-refractivity contribution < 1.29 is 37.4 Å². The first-order valence-electron chi connectivity index (χ1n) is 21.1. The maximum Gasteiger partial charge on any atom is 0.343 e. The number of epoxide rings is 1. The van der Waals surface area contributed by atoms with Crippen LogP contribution in [0.1, 0.15) is 130 Å². The predicted molar refractivity (Wildman–Crippen MR) is 232 cm³/mol. The average Bonchev–Trinajstić information content (AvgIpc) is 3.72. The highest BCUT2D eigenvalue weighted by Gasteiger charge is 2.69. The van der Waals surface area contributed by atoms with E-state index in [1.807, 2.05) is 38.3 Å². The van der Waals surface area contributed by atoms with Gasteiger partial charge in [0.15, 0.2) is 16.6 Å². The zero-order valence-electron chi connectivity index (χ0n) is 37.4. The first-order valence-corrected chi connectivity index (χ1v) is 26.9. The molecular weight excluding hydrogens is 737 g/mol. The summed E-state index contributed by atoms with van der Waals surface area (Å²) in [5.74, 6) is 0.488. The maximum absolute atomic E-state index is 13.8. The molecule has 0 saturated carbocycles. The van der Waals surface area contributed by atoms with E-state index in [0.717, 1.165) is 51.8 Å². The van der Waals surface area contributed by atoms with Crippen molar-refractivity contribution in [3.05, 3.63) is 64.9 Å². The molecule has 10 heteroatoms. The first kappa shape index (κ1) is 46.2. The van der Waals surface area contributed by atoms with Crippen LogP contribution >= 0.6 is 0 Å². The molecule has 0 amide bonds. The standard InChI is InChI=1S/C46H74O8Si2/c1-16-22-34(38(47)27-40(54-56(14,15)45(9,10)11)46(39(17-2)53-46)43(48)49-18-3)36-29-51-42-35(36)26-33(25-31(4)5)41(50-28-32-23-20-19-21-24-32)37(42)30-52-55(12,13)44(6,7)8/h19-21,23-24,26,29,31,34,38-40,47H,16-18,22,25,27-28,30H2,1-15H3/t34?,38-,39?,40-,46+/m1/s1. The summed E-state index contributed by atoms with van der Waals surface area (Å²) >= 11 is 0. The molecule has 4 rings (SSSR count). The largest absolute Gasteiger partial charge is 0.488 e. The van der Waals surface area contributed by atoms with E-state index in [0.29, 0.717) is 32.0 Å². The monoisotopic (exact) mass is 810 g/mol.